The SMILES string of the molecule is CC(C)NCC1(CCCC2CCCO2)CC2CC2C1. The average Bonchev–Trinajstić information content (AvgIpc) is 2.83. The second kappa shape index (κ2) is 5.73. The molecule has 0 radical (unpaired) electrons. The summed E-state index contributed by atoms with van der Waals surface area (Å²) in [6.07, 6.45) is 11.8. The molecule has 2 aliphatic carbocycles. The Balaban J connectivity index is 1.45. The van der Waals surface area contributed by atoms with Crippen LogP contribution in [0.15, 0.2) is 0 Å². The summed E-state index contributed by atoms with van der Waals surface area (Å²) in [5.41, 5.74) is 0.635. The number of ether oxygens (including phenoxy) is 1. The predicted octanol–water partition coefficient (Wildman–Crippen LogP) is 3.75. The molecule has 1 saturated heterocycles. The lowest BCUT2D eigenvalue weighted by molar-refractivity contribution is 0.0961. The fraction of sp³-hybridized carbons (Fsp3) is 1.00. The van der Waals surface area contributed by atoms with Crippen molar-refractivity contribution in [2.24, 2.45) is 17.3 Å². The molecule has 0 amide bonds. The Bertz CT molecular complexity index is 286. The van der Waals surface area contributed by atoms with E-state index in [2.05, 4.69) is 19.2 Å². The Labute approximate surface area is 118 Å². The van der Waals surface area contributed by atoms with E-state index in [9.17, 15) is 0 Å². The summed E-state index contributed by atoms with van der Waals surface area (Å²) in [6.45, 7) is 6.81. The molecule has 1 N–H and O–H groups in total. The summed E-state index contributed by atoms with van der Waals surface area (Å²) < 4.78 is 5.76. The van der Waals surface area contributed by atoms with Crippen LogP contribution in [0.5, 0.6) is 0 Å². The van der Waals surface area contributed by atoms with Crippen molar-refractivity contribution in [1.29, 1.82) is 0 Å². The van der Waals surface area contributed by atoms with Crippen molar-refractivity contribution in [2.75, 3.05) is 13.2 Å². The van der Waals surface area contributed by atoms with Crippen molar-refractivity contribution in [3.63, 3.8) is 0 Å². The van der Waals surface area contributed by atoms with Gasteiger partial charge in [-0.3, -0.25) is 0 Å². The summed E-state index contributed by atoms with van der Waals surface area (Å²) >= 11 is 0. The van der Waals surface area contributed by atoms with E-state index in [-0.39, 0.29) is 0 Å². The van der Waals surface area contributed by atoms with Gasteiger partial charge in [0.2, 0.25) is 0 Å². The molecule has 1 heterocycles. The van der Waals surface area contributed by atoms with E-state index in [0.29, 0.717) is 17.6 Å². The van der Waals surface area contributed by atoms with E-state index in [0.717, 1.165) is 18.4 Å². The molecule has 0 aromatic rings. The topological polar surface area (TPSA) is 21.3 Å². The van der Waals surface area contributed by atoms with Gasteiger partial charge < -0.3 is 10.1 Å². The Morgan fingerprint density at radius 1 is 1.26 bits per heavy atom. The molecular weight excluding hydrogens is 234 g/mol. The summed E-state index contributed by atoms with van der Waals surface area (Å²) in [4.78, 5) is 0. The smallest absolute Gasteiger partial charge is 0.0576 e. The molecule has 2 nitrogen and oxygen atoms in total. The van der Waals surface area contributed by atoms with Crippen LogP contribution < -0.4 is 5.32 Å². The van der Waals surface area contributed by atoms with E-state index in [1.165, 1.54) is 57.9 Å². The third kappa shape index (κ3) is 3.52. The van der Waals surface area contributed by atoms with Crippen molar-refractivity contribution >= 4 is 0 Å². The highest BCUT2D eigenvalue weighted by Gasteiger charge is 2.52. The number of hydrogen-bond donors (Lipinski definition) is 1. The molecule has 0 aromatic heterocycles. The Hall–Kier alpha value is -0.0800. The molecule has 0 aromatic carbocycles. The zero-order valence-corrected chi connectivity index (χ0v) is 12.8. The van der Waals surface area contributed by atoms with Gasteiger partial charge in [-0.2, -0.15) is 0 Å². The van der Waals surface area contributed by atoms with Crippen LogP contribution >= 0.6 is 0 Å². The molecule has 2 heteroatoms. The standard InChI is InChI=1S/C17H31NO/c1-13(2)18-12-17(10-14-9-15(14)11-17)7-3-5-16-6-4-8-19-16/h13-16,18H,3-12H2,1-2H3. The van der Waals surface area contributed by atoms with E-state index < -0.39 is 0 Å². The molecular formula is C17H31NO. The summed E-state index contributed by atoms with van der Waals surface area (Å²) in [5.74, 6) is 2.19. The minimum Gasteiger partial charge on any atom is -0.378 e. The molecule has 2 saturated carbocycles. The van der Waals surface area contributed by atoms with E-state index >= 15 is 0 Å². The molecule has 19 heavy (non-hydrogen) atoms. The highest BCUT2D eigenvalue weighted by Crippen LogP contribution is 2.61. The average molecular weight is 265 g/mol. The van der Waals surface area contributed by atoms with Gasteiger partial charge in [-0.05, 0) is 62.2 Å². The maximum atomic E-state index is 5.76. The van der Waals surface area contributed by atoms with Crippen molar-refractivity contribution in [3.8, 4) is 0 Å². The van der Waals surface area contributed by atoms with Crippen molar-refractivity contribution < 1.29 is 4.74 Å². The van der Waals surface area contributed by atoms with E-state index in [1.54, 1.807) is 0 Å². The van der Waals surface area contributed by atoms with Crippen LogP contribution in [0.4, 0.5) is 0 Å². The summed E-state index contributed by atoms with van der Waals surface area (Å²) in [5, 5.41) is 3.72. The van der Waals surface area contributed by atoms with Gasteiger partial charge in [0, 0.05) is 19.2 Å². The first-order valence-electron chi connectivity index (χ1n) is 8.52. The molecule has 0 bridgehead atoms. The van der Waals surface area contributed by atoms with Crippen LogP contribution in [0.25, 0.3) is 0 Å². The van der Waals surface area contributed by atoms with Crippen molar-refractivity contribution in [1.82, 2.24) is 5.32 Å². The second-order valence-electron chi connectivity index (χ2n) is 7.73. The van der Waals surface area contributed by atoms with Crippen molar-refractivity contribution in [2.45, 2.75) is 77.4 Å². The van der Waals surface area contributed by atoms with Gasteiger partial charge in [0.25, 0.3) is 0 Å². The Morgan fingerprint density at radius 2 is 2.05 bits per heavy atom. The van der Waals surface area contributed by atoms with E-state index in [1.807, 2.05) is 0 Å². The lowest BCUT2D eigenvalue weighted by Crippen LogP contribution is -2.37. The monoisotopic (exact) mass is 265 g/mol. The third-order valence-electron chi connectivity index (χ3n) is 5.60. The Kier molecular flexibility index (Phi) is 4.19. The van der Waals surface area contributed by atoms with Crippen LogP contribution in [0.2, 0.25) is 0 Å². The fourth-order valence-corrected chi connectivity index (χ4v) is 4.44. The number of hydrogen-bond acceptors (Lipinski definition) is 2. The minimum absolute atomic E-state index is 0.589. The van der Waals surface area contributed by atoms with Gasteiger partial charge in [0.05, 0.1) is 6.10 Å². The first-order chi connectivity index (χ1) is 9.17. The molecule has 1 aliphatic heterocycles. The molecule has 3 aliphatic rings. The lowest BCUT2D eigenvalue weighted by atomic mass is 9.78. The first-order valence-corrected chi connectivity index (χ1v) is 8.52. The Morgan fingerprint density at radius 3 is 2.68 bits per heavy atom. The molecule has 3 unspecified atom stereocenters. The fourth-order valence-electron chi connectivity index (χ4n) is 4.44. The van der Waals surface area contributed by atoms with Gasteiger partial charge in [-0.25, -0.2) is 0 Å². The maximum Gasteiger partial charge on any atom is 0.0576 e. The molecule has 0 spiro atoms. The van der Waals surface area contributed by atoms with Crippen molar-refractivity contribution in [3.05, 3.63) is 0 Å². The number of fused-ring (bicyclic) bond motifs is 1. The summed E-state index contributed by atoms with van der Waals surface area (Å²) in [7, 11) is 0. The van der Waals surface area contributed by atoms with Crippen LogP contribution in [0, 0.1) is 17.3 Å². The molecule has 3 fully saturated rings. The molecule has 110 valence electrons. The zero-order chi connectivity index (χ0) is 13.3. The predicted molar refractivity (Wildman–Crippen MR) is 79.2 cm³/mol. The molecule has 3 atom stereocenters. The van der Waals surface area contributed by atoms with Crippen LogP contribution in [0.3, 0.4) is 0 Å². The lowest BCUT2D eigenvalue weighted by Gasteiger charge is -2.32. The van der Waals surface area contributed by atoms with Crippen LogP contribution in [0.1, 0.15) is 65.2 Å². The maximum absolute atomic E-state index is 5.76. The van der Waals surface area contributed by atoms with E-state index in [4.69, 9.17) is 4.74 Å². The molecule has 3 rings (SSSR count). The highest BCUT2D eigenvalue weighted by atomic mass is 16.5. The van der Waals surface area contributed by atoms with Gasteiger partial charge in [0.1, 0.15) is 0 Å². The van der Waals surface area contributed by atoms with Crippen LogP contribution in [-0.4, -0.2) is 25.3 Å². The highest BCUT2D eigenvalue weighted by molar-refractivity contribution is 5.04. The van der Waals surface area contributed by atoms with Crippen LogP contribution in [-0.2, 0) is 4.74 Å². The van der Waals surface area contributed by atoms with Gasteiger partial charge in [-0.15, -0.1) is 0 Å². The number of nitrogens with one attached hydrogen (secondary N) is 1. The normalized spacial score (nSPS) is 40.9. The largest absolute Gasteiger partial charge is 0.378 e. The number of rotatable bonds is 7. The minimum atomic E-state index is 0.589. The third-order valence-corrected chi connectivity index (χ3v) is 5.60. The quantitative estimate of drug-likeness (QED) is 0.757. The van der Waals surface area contributed by atoms with Gasteiger partial charge >= 0.3 is 0 Å². The zero-order valence-electron chi connectivity index (χ0n) is 12.8. The van der Waals surface area contributed by atoms with Gasteiger partial charge in [0.15, 0.2) is 0 Å². The second-order valence-corrected chi connectivity index (χ2v) is 7.73. The first kappa shape index (κ1) is 13.9. The van der Waals surface area contributed by atoms with Gasteiger partial charge in [-0.1, -0.05) is 20.3 Å². The summed E-state index contributed by atoms with van der Waals surface area (Å²) in [6, 6.07) is 0.631.